The van der Waals surface area contributed by atoms with Crippen LogP contribution < -0.4 is 10.1 Å². The van der Waals surface area contributed by atoms with Gasteiger partial charge in [-0.3, -0.25) is 4.79 Å². The van der Waals surface area contributed by atoms with E-state index < -0.39 is 11.9 Å². The van der Waals surface area contributed by atoms with Crippen molar-refractivity contribution in [3.05, 3.63) is 59.7 Å². The van der Waals surface area contributed by atoms with Crippen LogP contribution >= 0.6 is 0 Å². The Morgan fingerprint density at radius 1 is 1.15 bits per heavy atom. The molecule has 0 spiro atoms. The lowest BCUT2D eigenvalue weighted by Crippen LogP contribution is -2.20. The Morgan fingerprint density at radius 2 is 1.88 bits per heavy atom. The van der Waals surface area contributed by atoms with Crippen LogP contribution in [0.1, 0.15) is 18.1 Å². The lowest BCUT2D eigenvalue weighted by Gasteiger charge is -2.06. The highest BCUT2D eigenvalue weighted by atomic mass is 16.5. The number of amides is 1. The maximum atomic E-state index is 11.8. The number of methoxy groups -OCH3 is 1. The number of carbonyl (C=O) groups excluding carboxylic acids is 2. The van der Waals surface area contributed by atoms with Gasteiger partial charge in [0.2, 0.25) is 0 Å². The number of aromatic hydroxyl groups is 1. The summed E-state index contributed by atoms with van der Waals surface area (Å²) < 4.78 is 9.89. The quantitative estimate of drug-likeness (QED) is 0.589. The second-order valence-corrected chi connectivity index (χ2v) is 5.47. The van der Waals surface area contributed by atoms with E-state index in [2.05, 4.69) is 12.2 Å². The molecule has 2 rings (SSSR count). The van der Waals surface area contributed by atoms with Crippen molar-refractivity contribution in [2.75, 3.05) is 19.0 Å². The Morgan fingerprint density at radius 3 is 2.54 bits per heavy atom. The maximum absolute atomic E-state index is 11.8. The highest BCUT2D eigenvalue weighted by Crippen LogP contribution is 2.26. The van der Waals surface area contributed by atoms with Gasteiger partial charge >= 0.3 is 5.97 Å². The molecular formula is C20H21NO5. The van der Waals surface area contributed by atoms with E-state index in [1.807, 2.05) is 12.1 Å². The summed E-state index contributed by atoms with van der Waals surface area (Å²) in [6.07, 6.45) is 3.63. The van der Waals surface area contributed by atoms with Crippen molar-refractivity contribution in [1.29, 1.82) is 0 Å². The van der Waals surface area contributed by atoms with Crippen molar-refractivity contribution >= 4 is 23.6 Å². The highest BCUT2D eigenvalue weighted by molar-refractivity contribution is 5.94. The number of ether oxygens (including phenoxy) is 2. The van der Waals surface area contributed by atoms with Gasteiger partial charge in [-0.15, -0.1) is 0 Å². The van der Waals surface area contributed by atoms with Gasteiger partial charge in [0.1, 0.15) is 0 Å². The average molecular weight is 355 g/mol. The number of phenolic OH excluding ortho intramolecular Hbond substituents is 1. The summed E-state index contributed by atoms with van der Waals surface area (Å²) in [4.78, 5) is 23.5. The molecule has 0 atom stereocenters. The fourth-order valence-corrected chi connectivity index (χ4v) is 2.17. The van der Waals surface area contributed by atoms with E-state index in [-0.39, 0.29) is 12.4 Å². The molecule has 0 aliphatic carbocycles. The summed E-state index contributed by atoms with van der Waals surface area (Å²) in [5.41, 5.74) is 2.47. The van der Waals surface area contributed by atoms with Crippen LogP contribution in [-0.4, -0.2) is 30.7 Å². The molecule has 0 aliphatic rings. The largest absolute Gasteiger partial charge is 0.504 e. The molecule has 0 saturated heterocycles. The molecule has 2 aromatic carbocycles. The Balaban J connectivity index is 1.82. The predicted octanol–water partition coefficient (Wildman–Crippen LogP) is 3.16. The lowest BCUT2D eigenvalue weighted by molar-refractivity contribution is -0.142. The third-order valence-corrected chi connectivity index (χ3v) is 3.61. The van der Waals surface area contributed by atoms with Crippen LogP contribution in [0.15, 0.2) is 48.5 Å². The Hall–Kier alpha value is -3.28. The van der Waals surface area contributed by atoms with Crippen LogP contribution in [0.25, 0.3) is 6.08 Å². The van der Waals surface area contributed by atoms with Crippen LogP contribution in [0, 0.1) is 0 Å². The van der Waals surface area contributed by atoms with Crippen LogP contribution in [0.4, 0.5) is 5.69 Å². The minimum Gasteiger partial charge on any atom is -0.504 e. The Bertz CT molecular complexity index is 796. The third kappa shape index (κ3) is 5.66. The minimum atomic E-state index is -0.645. The fourth-order valence-electron chi connectivity index (χ4n) is 2.17. The van der Waals surface area contributed by atoms with Crippen molar-refractivity contribution in [2.45, 2.75) is 13.3 Å². The molecular weight excluding hydrogens is 334 g/mol. The van der Waals surface area contributed by atoms with Crippen LogP contribution in [0.3, 0.4) is 0 Å². The number of rotatable bonds is 7. The molecule has 0 heterocycles. The number of phenols is 1. The Kier molecular flexibility index (Phi) is 6.79. The molecule has 0 fully saturated rings. The topological polar surface area (TPSA) is 84.9 Å². The van der Waals surface area contributed by atoms with Gasteiger partial charge in [0.05, 0.1) is 7.11 Å². The maximum Gasteiger partial charge on any atom is 0.331 e. The lowest BCUT2D eigenvalue weighted by atomic mass is 10.1. The van der Waals surface area contributed by atoms with Gasteiger partial charge in [-0.05, 0) is 47.9 Å². The van der Waals surface area contributed by atoms with Crippen LogP contribution in [0.5, 0.6) is 11.5 Å². The summed E-state index contributed by atoms with van der Waals surface area (Å²) in [5, 5.41) is 12.2. The van der Waals surface area contributed by atoms with Gasteiger partial charge in [0.15, 0.2) is 18.1 Å². The van der Waals surface area contributed by atoms with Gasteiger partial charge in [-0.1, -0.05) is 25.1 Å². The normalized spacial score (nSPS) is 10.5. The molecule has 6 heteroatoms. The number of nitrogens with one attached hydrogen (secondary N) is 1. The summed E-state index contributed by atoms with van der Waals surface area (Å²) in [6, 6.07) is 12.1. The zero-order valence-electron chi connectivity index (χ0n) is 14.7. The molecule has 0 aliphatic heterocycles. The van der Waals surface area contributed by atoms with Gasteiger partial charge in [-0.25, -0.2) is 4.79 Å². The first-order chi connectivity index (χ1) is 12.5. The summed E-state index contributed by atoms with van der Waals surface area (Å²) in [7, 11) is 1.44. The fraction of sp³-hybridized carbons (Fsp3) is 0.200. The molecule has 2 aromatic rings. The number of hydrogen-bond donors (Lipinski definition) is 2. The Labute approximate surface area is 152 Å². The molecule has 0 aromatic heterocycles. The summed E-state index contributed by atoms with van der Waals surface area (Å²) in [5.74, 6) is -0.749. The number of benzene rings is 2. The second kappa shape index (κ2) is 9.27. The van der Waals surface area contributed by atoms with Crippen molar-refractivity contribution < 1.29 is 24.2 Å². The first kappa shape index (κ1) is 19.1. The summed E-state index contributed by atoms with van der Waals surface area (Å²) >= 11 is 0. The van der Waals surface area contributed by atoms with E-state index in [4.69, 9.17) is 9.47 Å². The molecule has 26 heavy (non-hydrogen) atoms. The van der Waals surface area contributed by atoms with Crippen molar-refractivity contribution in [2.24, 2.45) is 0 Å². The number of hydrogen-bond acceptors (Lipinski definition) is 5. The van der Waals surface area contributed by atoms with Gasteiger partial charge < -0.3 is 19.9 Å². The van der Waals surface area contributed by atoms with E-state index in [9.17, 15) is 14.7 Å². The smallest absolute Gasteiger partial charge is 0.331 e. The minimum absolute atomic E-state index is 0.0101. The van der Waals surface area contributed by atoms with Gasteiger partial charge in [0.25, 0.3) is 5.91 Å². The van der Waals surface area contributed by atoms with Crippen molar-refractivity contribution in [1.82, 2.24) is 0 Å². The second-order valence-electron chi connectivity index (χ2n) is 5.47. The molecule has 2 N–H and O–H groups in total. The molecule has 6 nitrogen and oxygen atoms in total. The van der Waals surface area contributed by atoms with Gasteiger partial charge in [-0.2, -0.15) is 0 Å². The van der Waals surface area contributed by atoms with E-state index in [0.717, 1.165) is 6.42 Å². The number of anilines is 1. The highest BCUT2D eigenvalue weighted by Gasteiger charge is 2.06. The zero-order chi connectivity index (χ0) is 18.9. The SMILES string of the molecule is CCc1ccc(NC(=O)COC(=O)/C=C/c2ccc(O)c(OC)c2)cc1. The van der Waals surface area contributed by atoms with E-state index in [1.165, 1.54) is 30.9 Å². The molecule has 136 valence electrons. The molecule has 0 saturated carbocycles. The average Bonchev–Trinajstić information content (AvgIpc) is 2.66. The monoisotopic (exact) mass is 355 g/mol. The molecule has 0 unspecified atom stereocenters. The van der Waals surface area contributed by atoms with Crippen LogP contribution in [-0.2, 0) is 20.7 Å². The number of carbonyl (C=O) groups is 2. The van der Waals surface area contributed by atoms with Crippen molar-refractivity contribution in [3.8, 4) is 11.5 Å². The molecule has 1 amide bonds. The number of aryl methyl sites for hydroxylation is 1. The first-order valence-electron chi connectivity index (χ1n) is 8.12. The molecule has 0 radical (unpaired) electrons. The number of esters is 1. The predicted molar refractivity (Wildman–Crippen MR) is 99.1 cm³/mol. The standard InChI is InChI=1S/C20H21NO5/c1-3-14-4-8-16(9-5-14)21-19(23)13-26-20(24)11-7-15-6-10-17(22)18(12-15)25-2/h4-12,22H,3,13H2,1-2H3,(H,21,23)/b11-7+. The van der Waals surface area contributed by atoms with Crippen molar-refractivity contribution in [3.63, 3.8) is 0 Å². The van der Waals surface area contributed by atoms with E-state index >= 15 is 0 Å². The van der Waals surface area contributed by atoms with E-state index in [0.29, 0.717) is 17.0 Å². The zero-order valence-corrected chi connectivity index (χ0v) is 14.7. The van der Waals surface area contributed by atoms with Gasteiger partial charge in [0, 0.05) is 11.8 Å². The first-order valence-corrected chi connectivity index (χ1v) is 8.12. The third-order valence-electron chi connectivity index (χ3n) is 3.61. The summed E-state index contributed by atoms with van der Waals surface area (Å²) in [6.45, 7) is 1.67. The van der Waals surface area contributed by atoms with Crippen LogP contribution in [0.2, 0.25) is 0 Å². The molecule has 0 bridgehead atoms. The van der Waals surface area contributed by atoms with E-state index in [1.54, 1.807) is 24.3 Å².